The highest BCUT2D eigenvalue weighted by molar-refractivity contribution is 5.34. The summed E-state index contributed by atoms with van der Waals surface area (Å²) >= 11 is 0. The zero-order chi connectivity index (χ0) is 15.1. The summed E-state index contributed by atoms with van der Waals surface area (Å²) in [5.41, 5.74) is 2.71. The molecule has 0 aliphatic heterocycles. The molecule has 1 atom stereocenters. The van der Waals surface area contributed by atoms with Gasteiger partial charge in [-0.2, -0.15) is 10.5 Å². The van der Waals surface area contributed by atoms with Crippen LogP contribution in [-0.2, 0) is 0 Å². The number of aryl methyl sites for hydroxylation is 1. The molecule has 0 aliphatic carbocycles. The van der Waals surface area contributed by atoms with Gasteiger partial charge in [0.05, 0.1) is 30.2 Å². The Balaban J connectivity index is 1.92. The maximum Gasteiger partial charge on any atom is 0.119 e. The summed E-state index contributed by atoms with van der Waals surface area (Å²) in [6.45, 7) is 2.52. The molecule has 0 radical (unpaired) electrons. The van der Waals surface area contributed by atoms with E-state index in [4.69, 9.17) is 10.00 Å². The lowest BCUT2D eigenvalue weighted by Crippen LogP contribution is -2.04. The smallest absolute Gasteiger partial charge is 0.119 e. The summed E-state index contributed by atoms with van der Waals surface area (Å²) in [4.78, 5) is 0. The maximum atomic E-state index is 9.27. The number of rotatable bonds is 5. The molecule has 0 heterocycles. The van der Waals surface area contributed by atoms with E-state index in [1.807, 2.05) is 43.3 Å². The summed E-state index contributed by atoms with van der Waals surface area (Å²) in [5.74, 6) is 0.598. The van der Waals surface area contributed by atoms with Gasteiger partial charge in [0.1, 0.15) is 5.75 Å². The van der Waals surface area contributed by atoms with Crippen LogP contribution in [0, 0.1) is 29.6 Å². The van der Waals surface area contributed by atoms with Crippen LogP contribution in [0.1, 0.15) is 29.0 Å². The average molecular weight is 276 g/mol. The van der Waals surface area contributed by atoms with Gasteiger partial charge in [0.2, 0.25) is 0 Å². The van der Waals surface area contributed by atoms with Crippen LogP contribution in [0.5, 0.6) is 5.75 Å². The third-order valence-electron chi connectivity index (χ3n) is 3.29. The van der Waals surface area contributed by atoms with E-state index >= 15 is 0 Å². The predicted molar refractivity (Wildman–Crippen MR) is 80.8 cm³/mol. The monoisotopic (exact) mass is 276 g/mol. The molecule has 0 amide bonds. The van der Waals surface area contributed by atoms with Gasteiger partial charge in [-0.25, -0.2) is 0 Å². The number of nitrogens with zero attached hydrogens (tertiary/aromatic N) is 2. The number of hydrogen-bond donors (Lipinski definition) is 0. The van der Waals surface area contributed by atoms with E-state index in [9.17, 15) is 5.26 Å². The average Bonchev–Trinajstić information content (AvgIpc) is 2.53. The minimum Gasteiger partial charge on any atom is -0.494 e. The van der Waals surface area contributed by atoms with E-state index in [2.05, 4.69) is 12.1 Å². The van der Waals surface area contributed by atoms with Gasteiger partial charge in [0, 0.05) is 6.42 Å². The van der Waals surface area contributed by atoms with Gasteiger partial charge in [0.25, 0.3) is 0 Å². The Labute approximate surface area is 125 Å². The number of nitriles is 2. The molecule has 0 aliphatic rings. The van der Waals surface area contributed by atoms with E-state index in [-0.39, 0.29) is 5.92 Å². The lowest BCUT2D eigenvalue weighted by molar-refractivity contribution is 0.306. The van der Waals surface area contributed by atoms with Gasteiger partial charge in [-0.15, -0.1) is 0 Å². The van der Waals surface area contributed by atoms with Crippen molar-refractivity contribution >= 4 is 0 Å². The van der Waals surface area contributed by atoms with Gasteiger partial charge in [-0.3, -0.25) is 0 Å². The quantitative estimate of drug-likeness (QED) is 0.831. The molecule has 3 heteroatoms. The van der Waals surface area contributed by atoms with E-state index in [1.165, 1.54) is 5.56 Å². The SMILES string of the molecule is Cc1ccc(OCCC(C#N)c2ccc(C#N)cc2)cc1. The van der Waals surface area contributed by atoms with Crippen molar-refractivity contribution in [2.45, 2.75) is 19.3 Å². The molecule has 104 valence electrons. The van der Waals surface area contributed by atoms with Crippen LogP contribution < -0.4 is 4.74 Å². The second-order valence-corrected chi connectivity index (χ2v) is 4.87. The van der Waals surface area contributed by atoms with Crippen molar-refractivity contribution in [1.82, 2.24) is 0 Å². The van der Waals surface area contributed by atoms with Crippen molar-refractivity contribution in [3.63, 3.8) is 0 Å². The molecule has 0 bridgehead atoms. The lowest BCUT2D eigenvalue weighted by atomic mass is 9.97. The summed E-state index contributed by atoms with van der Waals surface area (Å²) in [6.07, 6.45) is 0.621. The zero-order valence-corrected chi connectivity index (χ0v) is 11.9. The van der Waals surface area contributed by atoms with Crippen LogP contribution in [0.3, 0.4) is 0 Å². The molecule has 2 rings (SSSR count). The van der Waals surface area contributed by atoms with Crippen LogP contribution in [0.15, 0.2) is 48.5 Å². The third-order valence-corrected chi connectivity index (χ3v) is 3.29. The minimum atomic E-state index is -0.219. The van der Waals surface area contributed by atoms with Crippen LogP contribution >= 0.6 is 0 Å². The van der Waals surface area contributed by atoms with Gasteiger partial charge in [-0.05, 0) is 36.8 Å². The normalized spacial score (nSPS) is 11.2. The van der Waals surface area contributed by atoms with Crippen molar-refractivity contribution in [1.29, 1.82) is 10.5 Å². The van der Waals surface area contributed by atoms with Gasteiger partial charge >= 0.3 is 0 Å². The van der Waals surface area contributed by atoms with Crippen LogP contribution in [0.4, 0.5) is 0 Å². The van der Waals surface area contributed by atoms with Crippen molar-refractivity contribution < 1.29 is 4.74 Å². The van der Waals surface area contributed by atoms with Crippen molar-refractivity contribution in [2.75, 3.05) is 6.61 Å². The Kier molecular flexibility index (Phi) is 4.96. The molecular formula is C18H16N2O. The third kappa shape index (κ3) is 4.09. The van der Waals surface area contributed by atoms with Gasteiger partial charge in [-0.1, -0.05) is 29.8 Å². The Hall–Kier alpha value is -2.78. The largest absolute Gasteiger partial charge is 0.494 e. The van der Waals surface area contributed by atoms with Crippen molar-refractivity contribution in [2.24, 2.45) is 0 Å². The molecule has 0 fully saturated rings. The van der Waals surface area contributed by atoms with Crippen molar-refractivity contribution in [3.05, 3.63) is 65.2 Å². The van der Waals surface area contributed by atoms with Crippen LogP contribution in [0.25, 0.3) is 0 Å². The second kappa shape index (κ2) is 7.12. The van der Waals surface area contributed by atoms with E-state index in [0.717, 1.165) is 11.3 Å². The second-order valence-electron chi connectivity index (χ2n) is 4.87. The Morgan fingerprint density at radius 2 is 1.67 bits per heavy atom. The standard InChI is InChI=1S/C18H16N2O/c1-14-2-8-18(9-3-14)21-11-10-17(13-20)16-6-4-15(12-19)5-7-16/h2-9,17H,10-11H2,1H3. The number of ether oxygens (including phenoxy) is 1. The van der Waals surface area contributed by atoms with Gasteiger partial charge < -0.3 is 4.74 Å². The molecule has 2 aromatic rings. The number of benzene rings is 2. The predicted octanol–water partition coefficient (Wildman–Crippen LogP) is 3.94. The Morgan fingerprint density at radius 3 is 2.24 bits per heavy atom. The molecule has 1 unspecified atom stereocenters. The topological polar surface area (TPSA) is 56.8 Å². The van der Waals surface area contributed by atoms with E-state index in [1.54, 1.807) is 12.1 Å². The molecule has 0 spiro atoms. The Morgan fingerprint density at radius 1 is 1.00 bits per heavy atom. The lowest BCUT2D eigenvalue weighted by Gasteiger charge is -2.11. The molecule has 0 aromatic heterocycles. The molecular weight excluding hydrogens is 260 g/mol. The minimum absolute atomic E-state index is 0.219. The fourth-order valence-corrected chi connectivity index (χ4v) is 2.02. The van der Waals surface area contributed by atoms with Crippen LogP contribution in [-0.4, -0.2) is 6.61 Å². The first kappa shape index (κ1) is 14.6. The first-order valence-electron chi connectivity index (χ1n) is 6.82. The van der Waals surface area contributed by atoms with Crippen LogP contribution in [0.2, 0.25) is 0 Å². The Bertz CT molecular complexity index is 660. The first-order chi connectivity index (χ1) is 10.2. The molecule has 0 N–H and O–H groups in total. The van der Waals surface area contributed by atoms with Crippen molar-refractivity contribution in [3.8, 4) is 17.9 Å². The molecule has 0 saturated carbocycles. The summed E-state index contributed by atoms with van der Waals surface area (Å²) in [6, 6.07) is 19.4. The molecule has 0 saturated heterocycles. The fraction of sp³-hybridized carbons (Fsp3) is 0.222. The summed E-state index contributed by atoms with van der Waals surface area (Å²) in [7, 11) is 0. The van der Waals surface area contributed by atoms with E-state index in [0.29, 0.717) is 18.6 Å². The molecule has 2 aromatic carbocycles. The first-order valence-corrected chi connectivity index (χ1v) is 6.82. The fourth-order valence-electron chi connectivity index (χ4n) is 2.02. The maximum absolute atomic E-state index is 9.27. The highest BCUT2D eigenvalue weighted by Crippen LogP contribution is 2.20. The zero-order valence-electron chi connectivity index (χ0n) is 11.9. The summed E-state index contributed by atoms with van der Waals surface area (Å²) < 4.78 is 5.66. The highest BCUT2D eigenvalue weighted by Gasteiger charge is 2.10. The molecule has 3 nitrogen and oxygen atoms in total. The highest BCUT2D eigenvalue weighted by atomic mass is 16.5. The van der Waals surface area contributed by atoms with E-state index < -0.39 is 0 Å². The number of hydrogen-bond acceptors (Lipinski definition) is 3. The van der Waals surface area contributed by atoms with Gasteiger partial charge in [0.15, 0.2) is 0 Å². The summed E-state index contributed by atoms with van der Waals surface area (Å²) in [5, 5.41) is 18.0. The molecule has 21 heavy (non-hydrogen) atoms.